The van der Waals surface area contributed by atoms with Crippen LogP contribution in [0.1, 0.15) is 37.8 Å². The molecule has 2 aliphatic heterocycles. The van der Waals surface area contributed by atoms with Crippen molar-refractivity contribution in [2.24, 2.45) is 0 Å². The first-order chi connectivity index (χ1) is 9.31. The fourth-order valence-corrected chi connectivity index (χ4v) is 3.46. The lowest BCUT2D eigenvalue weighted by atomic mass is 10.0. The van der Waals surface area contributed by atoms with Gasteiger partial charge in [0.05, 0.1) is 12.2 Å². The van der Waals surface area contributed by atoms with Gasteiger partial charge in [0.15, 0.2) is 0 Å². The molecule has 2 fully saturated rings. The summed E-state index contributed by atoms with van der Waals surface area (Å²) < 4.78 is 5.94. The highest BCUT2D eigenvalue weighted by Gasteiger charge is 2.34. The van der Waals surface area contributed by atoms with E-state index < -0.39 is 0 Å². The summed E-state index contributed by atoms with van der Waals surface area (Å²) in [4.78, 5) is 2.53. The van der Waals surface area contributed by atoms with E-state index in [4.69, 9.17) is 4.74 Å². The fraction of sp³-hybridized carbons (Fsp3) is 0.625. The van der Waals surface area contributed by atoms with Crippen LogP contribution in [-0.2, 0) is 4.74 Å². The Morgan fingerprint density at radius 2 is 1.95 bits per heavy atom. The Hall–Kier alpha value is -1.06. The summed E-state index contributed by atoms with van der Waals surface area (Å²) in [5.74, 6) is 0. The summed E-state index contributed by atoms with van der Waals surface area (Å²) in [6.07, 6.45) is 4.46. The lowest BCUT2D eigenvalue weighted by molar-refractivity contribution is 0.0304. The minimum absolute atomic E-state index is 0.441. The Kier molecular flexibility index (Phi) is 3.76. The Morgan fingerprint density at radius 3 is 2.58 bits per heavy atom. The van der Waals surface area contributed by atoms with Crippen LogP contribution in [0.25, 0.3) is 0 Å². The Morgan fingerprint density at radius 1 is 1.26 bits per heavy atom. The molecule has 0 aromatic heterocycles. The van der Waals surface area contributed by atoms with E-state index in [9.17, 15) is 0 Å². The Balaban J connectivity index is 1.87. The number of hydrogen-bond acceptors (Lipinski definition) is 3. The SMILES string of the molecule is CCC(NC)c1ccccc1N1CC2CCC(C1)O2. The molecule has 3 nitrogen and oxygen atoms in total. The van der Waals surface area contributed by atoms with Gasteiger partial charge in [-0.25, -0.2) is 0 Å². The molecule has 1 aromatic rings. The summed E-state index contributed by atoms with van der Waals surface area (Å²) in [6, 6.07) is 9.26. The van der Waals surface area contributed by atoms with E-state index in [-0.39, 0.29) is 0 Å². The second-order valence-corrected chi connectivity index (χ2v) is 5.67. The van der Waals surface area contributed by atoms with E-state index in [2.05, 4.69) is 41.4 Å². The maximum atomic E-state index is 5.94. The molecule has 19 heavy (non-hydrogen) atoms. The first-order valence-electron chi connectivity index (χ1n) is 7.48. The molecule has 0 radical (unpaired) electrons. The number of fused-ring (bicyclic) bond motifs is 2. The molecule has 2 saturated heterocycles. The van der Waals surface area contributed by atoms with Gasteiger partial charge < -0.3 is 15.0 Å². The van der Waals surface area contributed by atoms with Gasteiger partial charge in [0.1, 0.15) is 0 Å². The standard InChI is InChI=1S/C16H24N2O/c1-3-15(17-2)14-6-4-5-7-16(14)18-10-12-8-9-13(11-18)19-12/h4-7,12-13,15,17H,3,8-11H2,1-2H3. The van der Waals surface area contributed by atoms with Crippen LogP contribution in [0.15, 0.2) is 24.3 Å². The third-order valence-electron chi connectivity index (χ3n) is 4.45. The van der Waals surface area contributed by atoms with Crippen LogP contribution in [-0.4, -0.2) is 32.3 Å². The molecule has 2 aliphatic rings. The van der Waals surface area contributed by atoms with E-state index in [1.54, 1.807) is 0 Å². The number of rotatable bonds is 4. The molecule has 2 bridgehead atoms. The lowest BCUT2D eigenvalue weighted by Crippen LogP contribution is -2.43. The minimum Gasteiger partial charge on any atom is -0.371 e. The second-order valence-electron chi connectivity index (χ2n) is 5.67. The van der Waals surface area contributed by atoms with E-state index in [1.807, 2.05) is 7.05 Å². The van der Waals surface area contributed by atoms with E-state index in [0.29, 0.717) is 18.2 Å². The van der Waals surface area contributed by atoms with Crippen LogP contribution in [0.3, 0.4) is 0 Å². The molecular formula is C16H24N2O. The van der Waals surface area contributed by atoms with Crippen LogP contribution < -0.4 is 10.2 Å². The second kappa shape index (κ2) is 5.51. The van der Waals surface area contributed by atoms with Crippen LogP contribution >= 0.6 is 0 Å². The van der Waals surface area contributed by atoms with E-state index in [1.165, 1.54) is 24.1 Å². The summed E-state index contributed by atoms with van der Waals surface area (Å²) in [7, 11) is 2.05. The van der Waals surface area contributed by atoms with Crippen molar-refractivity contribution < 1.29 is 4.74 Å². The number of nitrogens with zero attached hydrogens (tertiary/aromatic N) is 1. The van der Waals surface area contributed by atoms with Crippen LogP contribution in [0.4, 0.5) is 5.69 Å². The van der Waals surface area contributed by atoms with Gasteiger partial charge >= 0.3 is 0 Å². The van der Waals surface area contributed by atoms with Crippen molar-refractivity contribution in [1.82, 2.24) is 5.32 Å². The number of benzene rings is 1. The third-order valence-corrected chi connectivity index (χ3v) is 4.45. The molecule has 3 unspecified atom stereocenters. The van der Waals surface area contributed by atoms with Gasteiger partial charge in [-0.1, -0.05) is 25.1 Å². The normalized spacial score (nSPS) is 27.6. The highest BCUT2D eigenvalue weighted by molar-refractivity contribution is 5.55. The lowest BCUT2D eigenvalue weighted by Gasteiger charge is -2.36. The van der Waals surface area contributed by atoms with Crippen molar-refractivity contribution in [2.75, 3.05) is 25.0 Å². The van der Waals surface area contributed by atoms with E-state index in [0.717, 1.165) is 19.5 Å². The fourth-order valence-electron chi connectivity index (χ4n) is 3.46. The highest BCUT2D eigenvalue weighted by atomic mass is 16.5. The number of nitrogens with one attached hydrogen (secondary N) is 1. The number of para-hydroxylation sites is 1. The van der Waals surface area contributed by atoms with Crippen LogP contribution in [0.5, 0.6) is 0 Å². The predicted octanol–water partition coefficient (Wildman–Crippen LogP) is 2.72. The Bertz CT molecular complexity index is 419. The molecule has 0 saturated carbocycles. The molecule has 0 aliphatic carbocycles. The molecule has 104 valence electrons. The van der Waals surface area contributed by atoms with Gasteiger partial charge in [-0.15, -0.1) is 0 Å². The van der Waals surface area contributed by atoms with Gasteiger partial charge in [0, 0.05) is 24.8 Å². The summed E-state index contributed by atoms with van der Waals surface area (Å²) in [6.45, 7) is 4.34. The maximum Gasteiger partial charge on any atom is 0.0755 e. The molecule has 0 amide bonds. The zero-order chi connectivity index (χ0) is 13.2. The number of ether oxygens (including phenoxy) is 1. The summed E-state index contributed by atoms with van der Waals surface area (Å²) in [5.41, 5.74) is 2.82. The van der Waals surface area contributed by atoms with Gasteiger partial charge in [0.25, 0.3) is 0 Å². The average Bonchev–Trinajstić information content (AvgIpc) is 2.79. The first kappa shape index (κ1) is 12.9. The topological polar surface area (TPSA) is 24.5 Å². The largest absolute Gasteiger partial charge is 0.371 e. The van der Waals surface area contributed by atoms with Crippen molar-refractivity contribution >= 4 is 5.69 Å². The summed E-state index contributed by atoms with van der Waals surface area (Å²) in [5, 5.41) is 3.43. The monoisotopic (exact) mass is 260 g/mol. The maximum absolute atomic E-state index is 5.94. The smallest absolute Gasteiger partial charge is 0.0755 e. The first-order valence-corrected chi connectivity index (χ1v) is 7.48. The predicted molar refractivity (Wildman–Crippen MR) is 78.6 cm³/mol. The molecule has 1 N–H and O–H groups in total. The molecule has 3 rings (SSSR count). The van der Waals surface area contributed by atoms with Gasteiger partial charge in [-0.05, 0) is 37.9 Å². The van der Waals surface area contributed by atoms with Gasteiger partial charge in [0.2, 0.25) is 0 Å². The van der Waals surface area contributed by atoms with Crippen LogP contribution in [0, 0.1) is 0 Å². The number of morpholine rings is 1. The molecular weight excluding hydrogens is 236 g/mol. The van der Waals surface area contributed by atoms with Gasteiger partial charge in [-0.2, -0.15) is 0 Å². The molecule has 1 aromatic carbocycles. The van der Waals surface area contributed by atoms with Crippen molar-refractivity contribution in [3.63, 3.8) is 0 Å². The van der Waals surface area contributed by atoms with Crippen molar-refractivity contribution in [1.29, 1.82) is 0 Å². The Labute approximate surface area is 115 Å². The molecule has 3 heteroatoms. The summed E-state index contributed by atoms with van der Waals surface area (Å²) >= 11 is 0. The molecule has 3 atom stereocenters. The molecule has 0 spiro atoms. The number of anilines is 1. The third kappa shape index (κ3) is 2.49. The van der Waals surface area contributed by atoms with Crippen molar-refractivity contribution in [2.45, 2.75) is 44.4 Å². The zero-order valence-electron chi connectivity index (χ0n) is 11.9. The number of hydrogen-bond donors (Lipinski definition) is 1. The molecule has 2 heterocycles. The van der Waals surface area contributed by atoms with Crippen LogP contribution in [0.2, 0.25) is 0 Å². The average molecular weight is 260 g/mol. The van der Waals surface area contributed by atoms with Gasteiger partial charge in [-0.3, -0.25) is 0 Å². The quantitative estimate of drug-likeness (QED) is 0.901. The highest BCUT2D eigenvalue weighted by Crippen LogP contribution is 2.34. The van der Waals surface area contributed by atoms with E-state index >= 15 is 0 Å². The zero-order valence-corrected chi connectivity index (χ0v) is 11.9. The minimum atomic E-state index is 0.441. The van der Waals surface area contributed by atoms with Crippen molar-refractivity contribution in [3.05, 3.63) is 29.8 Å². The van der Waals surface area contributed by atoms with Crippen molar-refractivity contribution in [3.8, 4) is 0 Å².